The molecular formula is C21H21FN8O2. The molecule has 1 unspecified atom stereocenters. The van der Waals surface area contributed by atoms with Gasteiger partial charge in [0.2, 0.25) is 5.89 Å². The van der Waals surface area contributed by atoms with Crippen molar-refractivity contribution in [3.8, 4) is 11.5 Å². The summed E-state index contributed by atoms with van der Waals surface area (Å²) in [5.41, 5.74) is 6.41. The van der Waals surface area contributed by atoms with E-state index in [-0.39, 0.29) is 28.7 Å². The lowest BCUT2D eigenvalue weighted by molar-refractivity contribution is 0.532. The van der Waals surface area contributed by atoms with Gasteiger partial charge in [0.1, 0.15) is 40.6 Å². The highest BCUT2D eigenvalue weighted by atomic mass is 19.1. The van der Waals surface area contributed by atoms with E-state index < -0.39 is 11.9 Å². The van der Waals surface area contributed by atoms with Crippen LogP contribution in [0.5, 0.6) is 0 Å². The zero-order valence-electron chi connectivity index (χ0n) is 17.5. The number of halogens is 1. The maximum Gasteiger partial charge on any atom is 0.264 e. The number of rotatable bonds is 6. The fourth-order valence-electron chi connectivity index (χ4n) is 3.78. The minimum absolute atomic E-state index is 0.00150. The van der Waals surface area contributed by atoms with Crippen molar-refractivity contribution in [1.29, 1.82) is 0 Å². The maximum atomic E-state index is 14.4. The second-order valence-electron chi connectivity index (χ2n) is 7.72. The van der Waals surface area contributed by atoms with Crippen LogP contribution in [0.1, 0.15) is 50.0 Å². The number of aryl methyl sites for hydroxylation is 1. The molecule has 0 bridgehead atoms. The summed E-state index contributed by atoms with van der Waals surface area (Å²) in [5.74, 6) is 1.06. The topological polar surface area (TPSA) is 138 Å². The van der Waals surface area contributed by atoms with Crippen molar-refractivity contribution in [3.63, 3.8) is 0 Å². The van der Waals surface area contributed by atoms with Crippen molar-refractivity contribution in [2.75, 3.05) is 11.1 Å². The van der Waals surface area contributed by atoms with Crippen LogP contribution >= 0.6 is 0 Å². The van der Waals surface area contributed by atoms with Crippen molar-refractivity contribution in [2.24, 2.45) is 0 Å². The smallest absolute Gasteiger partial charge is 0.264 e. The Morgan fingerprint density at radius 1 is 1.31 bits per heavy atom. The summed E-state index contributed by atoms with van der Waals surface area (Å²) >= 11 is 0. The molecule has 32 heavy (non-hydrogen) atoms. The Balaban J connectivity index is 1.64. The van der Waals surface area contributed by atoms with Gasteiger partial charge in [0.15, 0.2) is 0 Å². The third-order valence-electron chi connectivity index (χ3n) is 5.47. The van der Waals surface area contributed by atoms with Crippen molar-refractivity contribution < 1.29 is 8.81 Å². The predicted octanol–water partition coefficient (Wildman–Crippen LogP) is 3.16. The summed E-state index contributed by atoms with van der Waals surface area (Å²) in [6.07, 6.45) is 3.59. The van der Waals surface area contributed by atoms with Crippen LogP contribution in [0.4, 0.5) is 16.0 Å². The number of anilines is 2. The van der Waals surface area contributed by atoms with Crippen LogP contribution in [0.15, 0.2) is 33.7 Å². The molecule has 0 radical (unpaired) electrons. The van der Waals surface area contributed by atoms with Crippen LogP contribution in [0.3, 0.4) is 0 Å². The summed E-state index contributed by atoms with van der Waals surface area (Å²) in [5, 5.41) is 11.2. The minimum Gasteiger partial charge on any atom is -0.421 e. The van der Waals surface area contributed by atoms with Crippen LogP contribution in [0.25, 0.3) is 22.4 Å². The van der Waals surface area contributed by atoms with Crippen molar-refractivity contribution in [1.82, 2.24) is 29.7 Å². The molecule has 0 saturated heterocycles. The Bertz CT molecular complexity index is 1380. The second-order valence-corrected chi connectivity index (χ2v) is 7.72. The van der Waals surface area contributed by atoms with Gasteiger partial charge in [0, 0.05) is 13.0 Å². The molecule has 0 spiro atoms. The van der Waals surface area contributed by atoms with E-state index in [1.165, 1.54) is 12.4 Å². The Hall–Kier alpha value is -3.89. The minimum atomic E-state index is -0.570. The molecule has 0 aliphatic heterocycles. The third kappa shape index (κ3) is 3.35. The maximum absolute atomic E-state index is 14.4. The average molecular weight is 436 g/mol. The normalized spacial score (nSPS) is 14.6. The van der Waals surface area contributed by atoms with E-state index in [9.17, 15) is 9.18 Å². The van der Waals surface area contributed by atoms with Gasteiger partial charge in [0.25, 0.3) is 11.4 Å². The van der Waals surface area contributed by atoms with Crippen molar-refractivity contribution in [2.45, 2.75) is 45.2 Å². The number of nitrogens with zero attached hydrogens (tertiary/aromatic N) is 6. The Morgan fingerprint density at radius 3 is 2.81 bits per heavy atom. The van der Waals surface area contributed by atoms with Gasteiger partial charge in [-0.05, 0) is 31.4 Å². The molecule has 1 aliphatic carbocycles. The number of benzene rings is 1. The highest BCUT2D eigenvalue weighted by molar-refractivity contribution is 5.79. The molecule has 3 heterocycles. The van der Waals surface area contributed by atoms with Crippen LogP contribution in [0, 0.1) is 12.7 Å². The number of hydrogen-bond acceptors (Lipinski definition) is 9. The lowest BCUT2D eigenvalue weighted by Crippen LogP contribution is -2.29. The summed E-state index contributed by atoms with van der Waals surface area (Å²) in [6.45, 7) is 3.63. The van der Waals surface area contributed by atoms with Gasteiger partial charge in [-0.15, -0.1) is 10.2 Å². The number of nitrogens with two attached hydrogens (primary N) is 1. The first kappa shape index (κ1) is 20.0. The number of nitrogens with one attached hydrogen (secondary N) is 1. The van der Waals surface area contributed by atoms with Crippen LogP contribution in [-0.4, -0.2) is 29.7 Å². The first-order valence-corrected chi connectivity index (χ1v) is 10.4. The third-order valence-corrected chi connectivity index (χ3v) is 5.47. The molecule has 5 rings (SSSR count). The van der Waals surface area contributed by atoms with E-state index in [2.05, 4.69) is 30.5 Å². The molecule has 164 valence electrons. The average Bonchev–Trinajstić information content (AvgIpc) is 3.51. The van der Waals surface area contributed by atoms with Crippen molar-refractivity contribution in [3.05, 3.63) is 52.4 Å². The van der Waals surface area contributed by atoms with Crippen molar-refractivity contribution >= 4 is 22.5 Å². The second kappa shape index (κ2) is 7.66. The standard InChI is InChI=1S/C21H21FN8O2/c1-3-13(26-18-16(17(23)24-9-25-18)20-29-28-10(2)32-20)19-27-14-6-4-5-12(22)15(14)21(31)30(19)11-7-8-11/h4-6,9,11,13H,3,7-8H2,1-2H3,(H3,23,24,25,26). The fraction of sp³-hybridized carbons (Fsp3) is 0.333. The lowest BCUT2D eigenvalue weighted by Gasteiger charge is -2.23. The van der Waals surface area contributed by atoms with Gasteiger partial charge in [0.05, 0.1) is 11.6 Å². The molecule has 1 saturated carbocycles. The molecule has 1 fully saturated rings. The zero-order valence-corrected chi connectivity index (χ0v) is 17.5. The van der Waals surface area contributed by atoms with Gasteiger partial charge in [-0.2, -0.15) is 0 Å². The number of fused-ring (bicyclic) bond motifs is 1. The van der Waals surface area contributed by atoms with Crippen LogP contribution in [-0.2, 0) is 0 Å². The lowest BCUT2D eigenvalue weighted by atomic mass is 10.1. The molecule has 3 aromatic heterocycles. The predicted molar refractivity (Wildman–Crippen MR) is 115 cm³/mol. The first-order valence-electron chi connectivity index (χ1n) is 10.4. The highest BCUT2D eigenvalue weighted by Crippen LogP contribution is 2.38. The Morgan fingerprint density at radius 2 is 2.12 bits per heavy atom. The van der Waals surface area contributed by atoms with Crippen LogP contribution < -0.4 is 16.6 Å². The molecule has 1 aromatic carbocycles. The monoisotopic (exact) mass is 436 g/mol. The van der Waals surface area contributed by atoms with E-state index in [1.807, 2.05) is 6.92 Å². The van der Waals surface area contributed by atoms with Gasteiger partial charge in [-0.25, -0.2) is 19.3 Å². The van der Waals surface area contributed by atoms with E-state index >= 15 is 0 Å². The summed E-state index contributed by atoms with van der Waals surface area (Å²) < 4.78 is 21.6. The summed E-state index contributed by atoms with van der Waals surface area (Å²) in [4.78, 5) is 26.3. The summed E-state index contributed by atoms with van der Waals surface area (Å²) in [6, 6.07) is 4.06. The number of hydrogen-bond donors (Lipinski definition) is 2. The Labute approximate surface area is 181 Å². The number of aromatic nitrogens is 6. The van der Waals surface area contributed by atoms with E-state index in [0.717, 1.165) is 12.8 Å². The Kier molecular flexibility index (Phi) is 4.80. The largest absolute Gasteiger partial charge is 0.421 e. The SMILES string of the molecule is CCC(Nc1ncnc(N)c1-c1nnc(C)o1)c1nc2cccc(F)c2c(=O)n1C1CC1. The zero-order chi connectivity index (χ0) is 22.4. The molecule has 3 N–H and O–H groups in total. The molecule has 1 atom stereocenters. The quantitative estimate of drug-likeness (QED) is 0.467. The van der Waals surface area contributed by atoms with E-state index in [0.29, 0.717) is 35.0 Å². The number of nitrogen functional groups attached to an aromatic ring is 1. The molecule has 1 aliphatic rings. The molecule has 4 aromatic rings. The van der Waals surface area contributed by atoms with Gasteiger partial charge >= 0.3 is 0 Å². The first-order chi connectivity index (χ1) is 15.5. The van der Waals surface area contributed by atoms with Gasteiger partial charge in [-0.3, -0.25) is 9.36 Å². The fourth-order valence-corrected chi connectivity index (χ4v) is 3.78. The van der Waals surface area contributed by atoms with Gasteiger partial charge < -0.3 is 15.5 Å². The highest BCUT2D eigenvalue weighted by Gasteiger charge is 2.32. The summed E-state index contributed by atoms with van der Waals surface area (Å²) in [7, 11) is 0. The molecular weight excluding hydrogens is 415 g/mol. The van der Waals surface area contributed by atoms with E-state index in [4.69, 9.17) is 10.2 Å². The van der Waals surface area contributed by atoms with Crippen LogP contribution in [0.2, 0.25) is 0 Å². The molecule has 0 amide bonds. The van der Waals surface area contributed by atoms with Gasteiger partial charge in [-0.1, -0.05) is 13.0 Å². The molecule has 10 nitrogen and oxygen atoms in total. The van der Waals surface area contributed by atoms with E-state index in [1.54, 1.807) is 23.6 Å². The molecule has 11 heteroatoms.